The van der Waals surface area contributed by atoms with Gasteiger partial charge >= 0.3 is 6.09 Å². The molecule has 0 aromatic carbocycles. The van der Waals surface area contributed by atoms with Gasteiger partial charge in [-0.25, -0.2) is 4.79 Å². The van der Waals surface area contributed by atoms with Crippen molar-refractivity contribution in [3.8, 4) is 0 Å². The highest BCUT2D eigenvalue weighted by molar-refractivity contribution is 6.50. The number of nitrogens with one attached hydrogen (secondary N) is 1. The third kappa shape index (κ3) is 1.58. The lowest BCUT2D eigenvalue weighted by Gasteiger charge is -2.39. The molecule has 4 atom stereocenters. The van der Waals surface area contributed by atoms with Crippen LogP contribution in [0.25, 0.3) is 0 Å². The lowest BCUT2D eigenvalue weighted by Crippen LogP contribution is -2.55. The van der Waals surface area contributed by atoms with Crippen LogP contribution in [0.5, 0.6) is 0 Å². The van der Waals surface area contributed by atoms with E-state index in [2.05, 4.69) is 5.32 Å². The van der Waals surface area contributed by atoms with Gasteiger partial charge in [-0.3, -0.25) is 9.59 Å². The number of nitrogens with zero attached hydrogens (tertiary/aromatic N) is 1. The van der Waals surface area contributed by atoms with E-state index < -0.39 is 29.3 Å². The Morgan fingerprint density at radius 2 is 2.17 bits per heavy atom. The van der Waals surface area contributed by atoms with Gasteiger partial charge < -0.3 is 30.5 Å². The summed E-state index contributed by atoms with van der Waals surface area (Å²) in [5.74, 6) is -2.41. The summed E-state index contributed by atoms with van der Waals surface area (Å²) >= 11 is 0. The van der Waals surface area contributed by atoms with Crippen molar-refractivity contribution >= 4 is 17.7 Å². The van der Waals surface area contributed by atoms with Crippen molar-refractivity contribution in [1.29, 1.82) is 0 Å². The number of allylic oxidation sites excluding steroid dienone is 1. The number of hydrogen-bond donors (Lipinski definition) is 3. The van der Waals surface area contributed by atoms with Gasteiger partial charge in [0.2, 0.25) is 11.6 Å². The number of piperazine rings is 1. The van der Waals surface area contributed by atoms with Crippen LogP contribution in [0.2, 0.25) is 0 Å². The van der Waals surface area contributed by atoms with Gasteiger partial charge in [-0.05, 0) is 6.92 Å². The summed E-state index contributed by atoms with van der Waals surface area (Å²) in [7, 11) is 1.49. The molecule has 2 fully saturated rings. The summed E-state index contributed by atoms with van der Waals surface area (Å²) in [5.41, 5.74) is 4.49. The van der Waals surface area contributed by atoms with Gasteiger partial charge in [0.05, 0.1) is 17.7 Å². The zero-order valence-corrected chi connectivity index (χ0v) is 13.2. The number of primary amides is 1. The first kappa shape index (κ1) is 15.2. The Bertz CT molecular complexity index is 756. The average molecular weight is 335 g/mol. The highest BCUT2D eigenvalue weighted by Crippen LogP contribution is 2.56. The predicted octanol–water partition coefficient (Wildman–Crippen LogP) is -1.05. The van der Waals surface area contributed by atoms with E-state index in [1.165, 1.54) is 14.0 Å². The topological polar surface area (TPSA) is 141 Å². The van der Waals surface area contributed by atoms with Crippen molar-refractivity contribution in [1.82, 2.24) is 10.2 Å². The molecule has 0 aromatic heterocycles. The Kier molecular flexibility index (Phi) is 2.89. The van der Waals surface area contributed by atoms with Crippen LogP contribution in [0.1, 0.15) is 6.92 Å². The number of fused-ring (bicyclic) bond motifs is 4. The summed E-state index contributed by atoms with van der Waals surface area (Å²) in [6, 6.07) is 0.0569. The number of rotatable bonds is 3. The quantitative estimate of drug-likeness (QED) is 0.337. The second-order valence-corrected chi connectivity index (χ2v) is 6.39. The molecule has 4 rings (SSSR count). The summed E-state index contributed by atoms with van der Waals surface area (Å²) in [6.45, 7) is 1.72. The molecule has 24 heavy (non-hydrogen) atoms. The van der Waals surface area contributed by atoms with Crippen LogP contribution in [-0.4, -0.2) is 65.7 Å². The number of amides is 1. The minimum Gasteiger partial charge on any atom is -0.505 e. The second-order valence-electron chi connectivity index (χ2n) is 6.39. The fraction of sp³-hybridized carbons (Fsp3) is 0.533. The summed E-state index contributed by atoms with van der Waals surface area (Å²) < 4.78 is 10.7. The minimum absolute atomic E-state index is 0.00811. The number of ketones is 2. The van der Waals surface area contributed by atoms with Crippen LogP contribution in [0.15, 0.2) is 22.6 Å². The smallest absolute Gasteiger partial charge is 0.404 e. The third-order valence-corrected chi connectivity index (χ3v) is 5.40. The van der Waals surface area contributed by atoms with Gasteiger partial charge in [0, 0.05) is 30.8 Å². The van der Waals surface area contributed by atoms with Gasteiger partial charge in [-0.1, -0.05) is 0 Å². The first-order valence-corrected chi connectivity index (χ1v) is 7.59. The maximum absolute atomic E-state index is 12.6. The molecule has 4 N–H and O–H groups in total. The Hall–Kier alpha value is -2.39. The molecule has 9 heteroatoms. The van der Waals surface area contributed by atoms with E-state index in [1.54, 1.807) is 4.90 Å². The monoisotopic (exact) mass is 335 g/mol. The molecule has 0 aromatic rings. The summed E-state index contributed by atoms with van der Waals surface area (Å²) in [6.07, 6.45) is -0.981. The Morgan fingerprint density at radius 3 is 2.79 bits per heavy atom. The average Bonchev–Trinajstić information content (AvgIpc) is 3.16. The number of nitrogens with two attached hydrogens (primary N) is 1. The largest absolute Gasteiger partial charge is 0.505 e. The molecular weight excluding hydrogens is 318 g/mol. The second kappa shape index (κ2) is 4.58. The number of carbonyl (C=O) groups is 3. The molecule has 3 aliphatic heterocycles. The minimum atomic E-state index is -1.00. The number of hydrogen-bond acceptors (Lipinski definition) is 8. The van der Waals surface area contributed by atoms with Crippen LogP contribution >= 0.6 is 0 Å². The molecule has 1 amide bonds. The SMILES string of the molecule is CO[C@@]12C(COC(N)=O)C3=C(C(O)=C(C)C(=O)C3=O)N1C[C@@H]1N[C@@H]12. The fourth-order valence-corrected chi connectivity index (χ4v) is 4.28. The van der Waals surface area contributed by atoms with Crippen molar-refractivity contribution in [2.24, 2.45) is 11.7 Å². The van der Waals surface area contributed by atoms with Crippen molar-refractivity contribution in [2.45, 2.75) is 24.7 Å². The Morgan fingerprint density at radius 1 is 1.46 bits per heavy atom. The molecule has 0 saturated carbocycles. The van der Waals surface area contributed by atoms with Gasteiger partial charge in [-0.15, -0.1) is 0 Å². The van der Waals surface area contributed by atoms with Gasteiger partial charge in [0.1, 0.15) is 12.4 Å². The van der Waals surface area contributed by atoms with Crippen LogP contribution in [-0.2, 0) is 19.1 Å². The number of carbonyl (C=O) groups excluding carboxylic acids is 3. The molecule has 4 aliphatic rings. The van der Waals surface area contributed by atoms with Crippen molar-refractivity contribution in [3.05, 3.63) is 22.6 Å². The number of Topliss-reactive ketones (excluding diaryl/α,β-unsaturated/α-hetero) is 2. The predicted molar refractivity (Wildman–Crippen MR) is 78.6 cm³/mol. The van der Waals surface area contributed by atoms with E-state index >= 15 is 0 Å². The normalized spacial score (nSPS) is 36.8. The Labute approximate surface area is 137 Å². The maximum atomic E-state index is 12.6. The maximum Gasteiger partial charge on any atom is 0.404 e. The van der Waals surface area contributed by atoms with Crippen LogP contribution in [0.4, 0.5) is 4.79 Å². The lowest BCUT2D eigenvalue weighted by molar-refractivity contribution is -0.137. The van der Waals surface area contributed by atoms with E-state index in [-0.39, 0.29) is 35.6 Å². The van der Waals surface area contributed by atoms with Crippen LogP contribution in [0.3, 0.4) is 0 Å². The molecule has 0 bridgehead atoms. The van der Waals surface area contributed by atoms with Crippen molar-refractivity contribution in [3.63, 3.8) is 0 Å². The van der Waals surface area contributed by atoms with Crippen molar-refractivity contribution < 1.29 is 29.0 Å². The van der Waals surface area contributed by atoms with Gasteiger partial charge in [0.15, 0.2) is 5.72 Å². The number of methoxy groups -OCH3 is 1. The molecule has 1 unspecified atom stereocenters. The van der Waals surface area contributed by atoms with E-state index in [1.807, 2.05) is 0 Å². The van der Waals surface area contributed by atoms with Crippen LogP contribution < -0.4 is 11.1 Å². The molecular formula is C15H17N3O6. The lowest BCUT2D eigenvalue weighted by atomic mass is 9.82. The van der Waals surface area contributed by atoms with Crippen molar-refractivity contribution in [2.75, 3.05) is 20.3 Å². The zero-order valence-electron chi connectivity index (χ0n) is 13.2. The highest BCUT2D eigenvalue weighted by atomic mass is 16.6. The number of aliphatic hydroxyl groups excluding tert-OH is 1. The Balaban J connectivity index is 1.87. The number of aliphatic hydroxyl groups is 1. The molecule has 9 nitrogen and oxygen atoms in total. The molecule has 0 radical (unpaired) electrons. The van der Waals surface area contributed by atoms with Gasteiger partial charge in [0.25, 0.3) is 0 Å². The summed E-state index contributed by atoms with van der Waals surface area (Å²) in [5, 5.41) is 13.7. The van der Waals surface area contributed by atoms with E-state index in [4.69, 9.17) is 15.2 Å². The zero-order chi connectivity index (χ0) is 17.4. The molecule has 2 saturated heterocycles. The van der Waals surface area contributed by atoms with E-state index in [9.17, 15) is 19.5 Å². The molecule has 1 aliphatic carbocycles. The highest BCUT2D eigenvalue weighted by Gasteiger charge is 2.72. The van der Waals surface area contributed by atoms with E-state index in [0.717, 1.165) is 0 Å². The fourth-order valence-electron chi connectivity index (χ4n) is 4.28. The molecule has 3 heterocycles. The molecule has 128 valence electrons. The van der Waals surface area contributed by atoms with Crippen LogP contribution in [0, 0.1) is 5.92 Å². The number of ether oxygens (including phenoxy) is 2. The van der Waals surface area contributed by atoms with Gasteiger partial charge in [-0.2, -0.15) is 0 Å². The molecule has 0 spiro atoms. The van der Waals surface area contributed by atoms with E-state index in [0.29, 0.717) is 12.2 Å². The third-order valence-electron chi connectivity index (χ3n) is 5.40. The summed E-state index contributed by atoms with van der Waals surface area (Å²) in [4.78, 5) is 37.6. The first-order valence-electron chi connectivity index (χ1n) is 7.59. The first-order chi connectivity index (χ1) is 11.3. The standard InChI is InChI=1S/C15H17N3O6/c1-5-10(19)9-8(12(21)11(5)20)6(4-24-14(16)22)15(23-2)13-7(17-13)3-18(9)15/h6-7,13,17,19H,3-4H2,1-2H3,(H2,16,22)/t6?,7-,13-,15+/m0/s1.